The molecular weight excluding hydrogens is 345 g/mol. The zero-order chi connectivity index (χ0) is 17.7. The van der Waals surface area contributed by atoms with Gasteiger partial charge in [-0.2, -0.15) is 0 Å². The maximum absolute atomic E-state index is 12.3. The topological polar surface area (TPSA) is 50.4 Å². The highest BCUT2D eigenvalue weighted by atomic mass is 35.5. The Kier molecular flexibility index (Phi) is 5.56. The molecule has 0 aliphatic rings. The van der Waals surface area contributed by atoms with E-state index in [1.165, 1.54) is 18.2 Å². The van der Waals surface area contributed by atoms with Gasteiger partial charge in [-0.05, 0) is 36.8 Å². The number of carbonyl (C=O) groups is 1. The molecule has 0 bridgehead atoms. The number of anilines is 2. The van der Waals surface area contributed by atoms with Crippen molar-refractivity contribution in [2.24, 2.45) is 0 Å². The lowest BCUT2D eigenvalue weighted by Gasteiger charge is -2.15. The number of rotatable bonds is 5. The first-order valence-corrected chi connectivity index (χ1v) is 7.27. The average molecular weight is 359 g/mol. The third-order valence-electron chi connectivity index (χ3n) is 3.09. The van der Waals surface area contributed by atoms with E-state index >= 15 is 0 Å². The van der Waals surface area contributed by atoms with E-state index in [0.29, 0.717) is 16.3 Å². The molecule has 0 aliphatic carbocycles. The van der Waals surface area contributed by atoms with Crippen LogP contribution >= 0.6 is 11.6 Å². The Bertz CT molecular complexity index is 736. The number of ether oxygens (including phenoxy) is 1. The zero-order valence-electron chi connectivity index (χ0n) is 12.6. The Labute approximate surface area is 141 Å². The number of halogens is 4. The lowest BCUT2D eigenvalue weighted by Crippen LogP contribution is -2.23. The maximum Gasteiger partial charge on any atom is 0.573 e. The Morgan fingerprint density at radius 1 is 1.12 bits per heavy atom. The molecule has 8 heteroatoms. The summed E-state index contributed by atoms with van der Waals surface area (Å²) < 4.78 is 41.0. The minimum atomic E-state index is -4.81. The van der Waals surface area contributed by atoms with Gasteiger partial charge in [-0.3, -0.25) is 4.79 Å². The highest BCUT2D eigenvalue weighted by Gasteiger charge is 2.32. The van der Waals surface area contributed by atoms with Crippen LogP contribution in [0.3, 0.4) is 0 Å². The van der Waals surface area contributed by atoms with E-state index in [-0.39, 0.29) is 12.2 Å². The van der Waals surface area contributed by atoms with E-state index in [4.69, 9.17) is 11.6 Å². The molecule has 0 saturated heterocycles. The minimum Gasteiger partial charge on any atom is -0.404 e. The van der Waals surface area contributed by atoms with Crippen molar-refractivity contribution in [1.29, 1.82) is 0 Å². The molecule has 0 spiro atoms. The van der Waals surface area contributed by atoms with E-state index in [9.17, 15) is 18.0 Å². The normalized spacial score (nSPS) is 11.0. The van der Waals surface area contributed by atoms with Crippen LogP contribution in [-0.2, 0) is 4.79 Å². The smallest absolute Gasteiger partial charge is 0.404 e. The minimum absolute atomic E-state index is 0.0628. The molecule has 0 saturated carbocycles. The molecule has 2 aromatic carbocycles. The third kappa shape index (κ3) is 5.06. The van der Waals surface area contributed by atoms with Gasteiger partial charge in [0.2, 0.25) is 5.91 Å². The summed E-state index contributed by atoms with van der Waals surface area (Å²) in [6, 6.07) is 10.5. The van der Waals surface area contributed by atoms with Gasteiger partial charge in [0.1, 0.15) is 0 Å². The quantitative estimate of drug-likeness (QED) is 0.821. The number of hydrogen-bond acceptors (Lipinski definition) is 3. The molecule has 1 amide bonds. The third-order valence-corrected chi connectivity index (χ3v) is 3.50. The molecule has 0 radical (unpaired) electrons. The van der Waals surface area contributed by atoms with Crippen LogP contribution in [0.25, 0.3) is 0 Å². The van der Waals surface area contributed by atoms with Crippen LogP contribution in [0.1, 0.15) is 5.56 Å². The second kappa shape index (κ2) is 7.44. The van der Waals surface area contributed by atoms with Crippen LogP contribution in [0.2, 0.25) is 5.02 Å². The van der Waals surface area contributed by atoms with Gasteiger partial charge < -0.3 is 15.4 Å². The lowest BCUT2D eigenvalue weighted by molar-refractivity contribution is -0.274. The van der Waals surface area contributed by atoms with Gasteiger partial charge in [0.15, 0.2) is 5.75 Å². The van der Waals surface area contributed by atoms with Crippen molar-refractivity contribution in [3.05, 3.63) is 53.1 Å². The number of alkyl halides is 3. The van der Waals surface area contributed by atoms with Gasteiger partial charge in [-0.1, -0.05) is 29.8 Å². The lowest BCUT2D eigenvalue weighted by atomic mass is 10.2. The molecule has 0 fully saturated rings. The van der Waals surface area contributed by atoms with Gasteiger partial charge in [0.05, 0.1) is 12.2 Å². The number of para-hydroxylation sites is 2. The summed E-state index contributed by atoms with van der Waals surface area (Å²) in [6.45, 7) is 1.52. The fourth-order valence-electron chi connectivity index (χ4n) is 1.94. The Balaban J connectivity index is 2.01. The number of hydrogen-bond donors (Lipinski definition) is 2. The number of benzene rings is 2. The summed E-state index contributed by atoms with van der Waals surface area (Å²) >= 11 is 5.96. The van der Waals surface area contributed by atoms with E-state index in [1.807, 2.05) is 0 Å². The first kappa shape index (κ1) is 17.9. The van der Waals surface area contributed by atoms with Crippen molar-refractivity contribution < 1.29 is 22.7 Å². The Hall–Kier alpha value is -2.41. The summed E-state index contributed by atoms with van der Waals surface area (Å²) in [6.07, 6.45) is -4.81. The van der Waals surface area contributed by atoms with E-state index in [1.54, 1.807) is 25.1 Å². The Morgan fingerprint density at radius 3 is 2.50 bits per heavy atom. The highest BCUT2D eigenvalue weighted by Crippen LogP contribution is 2.29. The van der Waals surface area contributed by atoms with Crippen molar-refractivity contribution in [1.82, 2.24) is 0 Å². The molecule has 0 aromatic heterocycles. The van der Waals surface area contributed by atoms with Crippen LogP contribution in [0.15, 0.2) is 42.5 Å². The fourth-order valence-corrected chi connectivity index (χ4v) is 2.11. The Morgan fingerprint density at radius 2 is 1.79 bits per heavy atom. The highest BCUT2D eigenvalue weighted by molar-refractivity contribution is 6.31. The van der Waals surface area contributed by atoms with Crippen LogP contribution < -0.4 is 15.4 Å². The monoisotopic (exact) mass is 358 g/mol. The molecule has 2 N–H and O–H groups in total. The fraction of sp³-hybridized carbons (Fsp3) is 0.188. The molecule has 0 unspecified atom stereocenters. The largest absolute Gasteiger partial charge is 0.573 e. The molecular formula is C16H14ClF3N2O2. The number of amides is 1. The summed E-state index contributed by atoms with van der Waals surface area (Å²) in [5.74, 6) is -0.834. The van der Waals surface area contributed by atoms with Crippen LogP contribution in [0.4, 0.5) is 24.5 Å². The standard InChI is InChI=1S/C16H14ClF3N2O2/c1-10-11(17)5-4-7-12(10)22-15(23)9-21-13-6-2-3-8-14(13)24-16(18,19)20/h2-8,21H,9H2,1H3,(H,22,23). The van der Waals surface area contributed by atoms with E-state index in [0.717, 1.165) is 6.07 Å². The van der Waals surface area contributed by atoms with Crippen molar-refractivity contribution in [3.63, 3.8) is 0 Å². The van der Waals surface area contributed by atoms with Gasteiger partial charge in [-0.25, -0.2) is 0 Å². The van der Waals surface area contributed by atoms with Crippen molar-refractivity contribution in [2.75, 3.05) is 17.2 Å². The second-order valence-corrected chi connectivity index (χ2v) is 5.27. The van der Waals surface area contributed by atoms with Crippen molar-refractivity contribution >= 4 is 28.9 Å². The summed E-state index contributed by atoms with van der Waals surface area (Å²) in [4.78, 5) is 12.0. The molecule has 0 atom stereocenters. The predicted octanol–water partition coefficient (Wildman–Crippen LogP) is 4.60. The summed E-state index contributed by atoms with van der Waals surface area (Å²) in [5, 5.41) is 5.76. The number of carbonyl (C=O) groups excluding carboxylic acids is 1. The van der Waals surface area contributed by atoms with Gasteiger partial charge in [-0.15, -0.1) is 13.2 Å². The van der Waals surface area contributed by atoms with Crippen molar-refractivity contribution in [3.8, 4) is 5.75 Å². The second-order valence-electron chi connectivity index (χ2n) is 4.86. The SMILES string of the molecule is Cc1c(Cl)cccc1NC(=O)CNc1ccccc1OC(F)(F)F. The van der Waals surface area contributed by atoms with Gasteiger partial charge >= 0.3 is 6.36 Å². The summed E-state index contributed by atoms with van der Waals surface area (Å²) in [5.41, 5.74) is 1.30. The molecule has 0 aliphatic heterocycles. The summed E-state index contributed by atoms with van der Waals surface area (Å²) in [7, 11) is 0. The van der Waals surface area contributed by atoms with E-state index < -0.39 is 18.0 Å². The molecule has 0 heterocycles. The maximum atomic E-state index is 12.3. The van der Waals surface area contributed by atoms with Crippen LogP contribution in [-0.4, -0.2) is 18.8 Å². The molecule has 128 valence electrons. The van der Waals surface area contributed by atoms with Gasteiger partial charge in [0.25, 0.3) is 0 Å². The zero-order valence-corrected chi connectivity index (χ0v) is 13.3. The van der Waals surface area contributed by atoms with Crippen molar-refractivity contribution in [2.45, 2.75) is 13.3 Å². The molecule has 2 rings (SSSR count). The van der Waals surface area contributed by atoms with Gasteiger partial charge in [0, 0.05) is 10.7 Å². The number of nitrogens with one attached hydrogen (secondary N) is 2. The first-order chi connectivity index (χ1) is 11.3. The molecule has 24 heavy (non-hydrogen) atoms. The van der Waals surface area contributed by atoms with Crippen LogP contribution in [0.5, 0.6) is 5.75 Å². The van der Waals surface area contributed by atoms with Crippen LogP contribution in [0, 0.1) is 6.92 Å². The predicted molar refractivity (Wildman–Crippen MR) is 86.4 cm³/mol. The molecule has 2 aromatic rings. The van der Waals surface area contributed by atoms with E-state index in [2.05, 4.69) is 15.4 Å². The molecule has 4 nitrogen and oxygen atoms in total. The average Bonchev–Trinajstić information content (AvgIpc) is 2.49. The first-order valence-electron chi connectivity index (χ1n) is 6.90.